The lowest BCUT2D eigenvalue weighted by Gasteiger charge is -2.28. The number of nitrogens with zero attached hydrogens (tertiary/aromatic N) is 3. The van der Waals surface area contributed by atoms with Crippen molar-refractivity contribution >= 4 is 44.2 Å². The highest BCUT2D eigenvalue weighted by molar-refractivity contribution is 8.01. The summed E-state index contributed by atoms with van der Waals surface area (Å²) in [7, 11) is 1.06. The molecule has 4 rings (SSSR count). The zero-order valence-electron chi connectivity index (χ0n) is 17.4. The summed E-state index contributed by atoms with van der Waals surface area (Å²) in [5, 5.41) is 0.863. The molecule has 2 atom stereocenters. The maximum Gasteiger partial charge on any atom is 0.325 e. The fraction of sp³-hybridized carbons (Fsp3) is 0.273. The number of carbonyl (C=O) groups is 1. The quantitative estimate of drug-likeness (QED) is 0.544. The van der Waals surface area contributed by atoms with Crippen molar-refractivity contribution in [3.8, 4) is 0 Å². The van der Waals surface area contributed by atoms with Gasteiger partial charge in [-0.1, -0.05) is 30.3 Å². The van der Waals surface area contributed by atoms with Crippen LogP contribution in [-0.2, 0) is 19.6 Å². The molecule has 0 bridgehead atoms. The lowest BCUT2D eigenvalue weighted by Crippen LogP contribution is -2.43. The van der Waals surface area contributed by atoms with E-state index >= 15 is 0 Å². The topological polar surface area (TPSA) is 79.8 Å². The zero-order chi connectivity index (χ0) is 22.2. The first-order valence-corrected chi connectivity index (χ1v) is 12.2. The van der Waals surface area contributed by atoms with Gasteiger partial charge in [0, 0.05) is 48.7 Å². The molecule has 2 heterocycles. The standard InChI is InChI=1S/C22H23N3O4S2/c1-24(2)18-10-4-9-17-16(18)8-5-11-20(17)31(27,28)25-19(22(26)29-3)14-30-21(25)15-7-6-12-23-13-15/h4-13,19,21H,14H2,1-3H3. The molecule has 1 aliphatic rings. The molecule has 0 N–H and O–H groups in total. The number of rotatable bonds is 5. The Morgan fingerprint density at radius 2 is 1.87 bits per heavy atom. The third-order valence-corrected chi connectivity index (χ3v) is 8.68. The normalized spacial score (nSPS) is 19.5. The summed E-state index contributed by atoms with van der Waals surface area (Å²) < 4.78 is 34.2. The first-order valence-electron chi connectivity index (χ1n) is 9.68. The Morgan fingerprint density at radius 1 is 1.13 bits per heavy atom. The van der Waals surface area contributed by atoms with E-state index in [1.165, 1.54) is 23.2 Å². The van der Waals surface area contributed by atoms with Crippen LogP contribution in [0, 0.1) is 0 Å². The lowest BCUT2D eigenvalue weighted by molar-refractivity contribution is -0.144. The van der Waals surface area contributed by atoms with Gasteiger partial charge in [0.15, 0.2) is 0 Å². The molecule has 1 fully saturated rings. The summed E-state index contributed by atoms with van der Waals surface area (Å²) in [5.74, 6) is -0.268. The van der Waals surface area contributed by atoms with Gasteiger partial charge in [-0.25, -0.2) is 8.42 Å². The summed E-state index contributed by atoms with van der Waals surface area (Å²) in [5.41, 5.74) is 1.63. The smallest absolute Gasteiger partial charge is 0.325 e. The van der Waals surface area contributed by atoms with Crippen LogP contribution in [0.1, 0.15) is 10.9 Å². The third kappa shape index (κ3) is 3.77. The van der Waals surface area contributed by atoms with E-state index in [1.54, 1.807) is 36.7 Å². The van der Waals surface area contributed by atoms with E-state index < -0.39 is 27.4 Å². The SMILES string of the molecule is COC(=O)C1CSC(c2cccnc2)N1S(=O)(=O)c1cccc2c(N(C)C)cccc12. The average molecular weight is 458 g/mol. The molecule has 7 nitrogen and oxygen atoms in total. The molecule has 31 heavy (non-hydrogen) atoms. The molecular formula is C22H23N3O4S2. The number of sulfonamides is 1. The molecule has 1 aliphatic heterocycles. The number of pyridine rings is 1. The summed E-state index contributed by atoms with van der Waals surface area (Å²) in [6.45, 7) is 0. The molecule has 0 aliphatic carbocycles. The number of aromatic nitrogens is 1. The van der Waals surface area contributed by atoms with Gasteiger partial charge in [0.25, 0.3) is 0 Å². The summed E-state index contributed by atoms with van der Waals surface area (Å²) in [6, 6.07) is 13.5. The number of carbonyl (C=O) groups excluding carboxylic acids is 1. The number of fused-ring (bicyclic) bond motifs is 1. The summed E-state index contributed by atoms with van der Waals surface area (Å²) in [4.78, 5) is 18.8. The molecule has 0 spiro atoms. The van der Waals surface area contributed by atoms with E-state index in [4.69, 9.17) is 4.74 Å². The van der Waals surface area contributed by atoms with Gasteiger partial charge >= 0.3 is 5.97 Å². The number of esters is 1. The highest BCUT2D eigenvalue weighted by atomic mass is 32.2. The van der Waals surface area contributed by atoms with Gasteiger partial charge < -0.3 is 9.64 Å². The first-order chi connectivity index (χ1) is 14.9. The Labute approximate surface area is 186 Å². The van der Waals surface area contributed by atoms with E-state index in [9.17, 15) is 13.2 Å². The van der Waals surface area contributed by atoms with Gasteiger partial charge in [0.1, 0.15) is 6.04 Å². The Hall–Kier alpha value is -2.62. The summed E-state index contributed by atoms with van der Waals surface area (Å²) in [6.07, 6.45) is 3.26. The number of methoxy groups -OCH3 is 1. The van der Waals surface area contributed by atoms with Crippen LogP contribution in [-0.4, -0.2) is 56.7 Å². The fourth-order valence-electron chi connectivity index (χ4n) is 3.85. The maximum atomic E-state index is 14.0. The Morgan fingerprint density at radius 3 is 2.55 bits per heavy atom. The molecule has 0 amide bonds. The van der Waals surface area contributed by atoms with Gasteiger partial charge in [0.2, 0.25) is 10.0 Å². The molecule has 9 heteroatoms. The minimum absolute atomic E-state index is 0.166. The number of ether oxygens (including phenoxy) is 1. The lowest BCUT2D eigenvalue weighted by atomic mass is 10.1. The monoisotopic (exact) mass is 457 g/mol. The van der Waals surface area contributed by atoms with Gasteiger partial charge in [0.05, 0.1) is 17.4 Å². The fourth-order valence-corrected chi connectivity index (χ4v) is 7.56. The molecule has 2 unspecified atom stereocenters. The Balaban J connectivity index is 1.91. The average Bonchev–Trinajstić information content (AvgIpc) is 3.24. The van der Waals surface area contributed by atoms with Crippen LogP contribution in [0.15, 0.2) is 65.8 Å². The predicted octanol–water partition coefficient (Wildman–Crippen LogP) is 3.28. The van der Waals surface area contributed by atoms with Crippen LogP contribution < -0.4 is 4.90 Å². The number of hydrogen-bond acceptors (Lipinski definition) is 7. The van der Waals surface area contributed by atoms with E-state index in [0.717, 1.165) is 16.6 Å². The van der Waals surface area contributed by atoms with E-state index in [2.05, 4.69) is 4.98 Å². The van der Waals surface area contributed by atoms with Crippen molar-refractivity contribution in [1.82, 2.24) is 9.29 Å². The first kappa shape index (κ1) is 21.6. The van der Waals surface area contributed by atoms with Gasteiger partial charge in [-0.2, -0.15) is 4.31 Å². The molecule has 1 aromatic heterocycles. The number of anilines is 1. The molecular weight excluding hydrogens is 434 g/mol. The van der Waals surface area contributed by atoms with Crippen molar-refractivity contribution in [2.45, 2.75) is 16.3 Å². The van der Waals surface area contributed by atoms with Gasteiger partial charge in [-0.3, -0.25) is 9.78 Å². The Kier molecular flexibility index (Phi) is 5.92. The van der Waals surface area contributed by atoms with Crippen molar-refractivity contribution in [3.63, 3.8) is 0 Å². The highest BCUT2D eigenvalue weighted by Gasteiger charge is 2.48. The van der Waals surface area contributed by atoms with E-state index in [1.807, 2.05) is 43.3 Å². The van der Waals surface area contributed by atoms with Crippen LogP contribution in [0.4, 0.5) is 5.69 Å². The molecule has 2 aromatic carbocycles. The second kappa shape index (κ2) is 8.49. The van der Waals surface area contributed by atoms with Crippen molar-refractivity contribution < 1.29 is 17.9 Å². The Bertz CT molecular complexity index is 1220. The minimum atomic E-state index is -4.04. The molecule has 162 valence electrons. The van der Waals surface area contributed by atoms with Crippen LogP contribution in [0.5, 0.6) is 0 Å². The number of thioether (sulfide) groups is 1. The third-order valence-electron chi connectivity index (χ3n) is 5.29. The van der Waals surface area contributed by atoms with E-state index in [0.29, 0.717) is 11.1 Å². The van der Waals surface area contributed by atoms with Crippen LogP contribution in [0.2, 0.25) is 0 Å². The minimum Gasteiger partial charge on any atom is -0.468 e. The highest BCUT2D eigenvalue weighted by Crippen LogP contribution is 2.46. The van der Waals surface area contributed by atoms with Crippen LogP contribution >= 0.6 is 11.8 Å². The second-order valence-corrected chi connectivity index (χ2v) is 10.3. The maximum absolute atomic E-state index is 14.0. The second-order valence-electron chi connectivity index (χ2n) is 7.37. The largest absolute Gasteiger partial charge is 0.468 e. The molecule has 3 aromatic rings. The van der Waals surface area contributed by atoms with Gasteiger partial charge in [-0.05, 0) is 23.8 Å². The number of hydrogen-bond donors (Lipinski definition) is 0. The van der Waals surface area contributed by atoms with Crippen molar-refractivity contribution in [2.24, 2.45) is 0 Å². The molecule has 1 saturated heterocycles. The van der Waals surface area contributed by atoms with Crippen LogP contribution in [0.3, 0.4) is 0 Å². The van der Waals surface area contributed by atoms with Crippen LogP contribution in [0.25, 0.3) is 10.8 Å². The molecule has 0 saturated carbocycles. The zero-order valence-corrected chi connectivity index (χ0v) is 19.1. The predicted molar refractivity (Wildman–Crippen MR) is 123 cm³/mol. The van der Waals surface area contributed by atoms with E-state index in [-0.39, 0.29) is 4.90 Å². The van der Waals surface area contributed by atoms with Gasteiger partial charge in [-0.15, -0.1) is 11.8 Å². The number of benzene rings is 2. The van der Waals surface area contributed by atoms with Crippen molar-refractivity contribution in [3.05, 3.63) is 66.5 Å². The van der Waals surface area contributed by atoms with Crippen molar-refractivity contribution in [2.75, 3.05) is 31.9 Å². The summed E-state index contributed by atoms with van der Waals surface area (Å²) >= 11 is 1.39. The van der Waals surface area contributed by atoms with Crippen molar-refractivity contribution in [1.29, 1.82) is 0 Å². The molecule has 0 radical (unpaired) electrons.